The van der Waals surface area contributed by atoms with E-state index in [2.05, 4.69) is 26.0 Å². The monoisotopic (exact) mass is 537 g/mol. The van der Waals surface area contributed by atoms with Gasteiger partial charge in [-0.15, -0.1) is 0 Å². The maximum Gasteiger partial charge on any atom is 0.323 e. The van der Waals surface area contributed by atoms with Crippen LogP contribution in [0.3, 0.4) is 0 Å². The molecule has 3 aromatic rings. The molecule has 0 bridgehead atoms. The first-order valence-corrected chi connectivity index (χ1v) is 12.3. The Morgan fingerprint density at radius 2 is 1.94 bits per heavy atom. The molecule has 2 aromatic carbocycles. The van der Waals surface area contributed by atoms with Crippen LogP contribution in [0.4, 0.5) is 19.7 Å². The number of alkyl halides is 1. The Balaban J connectivity index is 1.51. The summed E-state index contributed by atoms with van der Waals surface area (Å²) in [6.07, 6.45) is 0.110. The van der Waals surface area contributed by atoms with E-state index in [1.54, 1.807) is 36.4 Å². The highest BCUT2D eigenvalue weighted by Gasteiger charge is 2.36. The van der Waals surface area contributed by atoms with Crippen molar-refractivity contribution in [3.8, 4) is 0 Å². The lowest BCUT2D eigenvalue weighted by Crippen LogP contribution is -2.45. The summed E-state index contributed by atoms with van der Waals surface area (Å²) >= 11 is 3.23. The summed E-state index contributed by atoms with van der Waals surface area (Å²) in [6.45, 7) is -0.324. The van der Waals surface area contributed by atoms with Gasteiger partial charge in [0.15, 0.2) is 0 Å². The molecule has 1 saturated heterocycles. The SMILES string of the molecule is NC(=O)n1cc(NC(=O)N2C[C@H](F)C[C@H]2CNS(=O)(=O)c2cccc(Br)c2)c2ccccc21. The van der Waals surface area contributed by atoms with Crippen LogP contribution in [0, 0.1) is 0 Å². The van der Waals surface area contributed by atoms with Crippen LogP contribution >= 0.6 is 15.9 Å². The van der Waals surface area contributed by atoms with Gasteiger partial charge in [-0.1, -0.05) is 40.2 Å². The van der Waals surface area contributed by atoms with Crippen LogP contribution in [-0.4, -0.2) is 55.3 Å². The van der Waals surface area contributed by atoms with E-state index in [0.717, 1.165) is 0 Å². The summed E-state index contributed by atoms with van der Waals surface area (Å²) in [5, 5.41) is 3.29. The van der Waals surface area contributed by atoms with Crippen LogP contribution in [0.2, 0.25) is 0 Å². The van der Waals surface area contributed by atoms with Gasteiger partial charge in [0.05, 0.1) is 22.6 Å². The smallest absolute Gasteiger partial charge is 0.323 e. The number of hydrogen-bond donors (Lipinski definition) is 3. The molecular formula is C21H21BrFN5O4S. The number of amides is 3. The van der Waals surface area contributed by atoms with Crippen LogP contribution in [0.15, 0.2) is 64.1 Å². The summed E-state index contributed by atoms with van der Waals surface area (Å²) in [5.41, 5.74) is 6.26. The van der Waals surface area contributed by atoms with Gasteiger partial charge in [-0.3, -0.25) is 4.57 Å². The lowest BCUT2D eigenvalue weighted by atomic mass is 10.2. The number of aromatic nitrogens is 1. The lowest BCUT2D eigenvalue weighted by Gasteiger charge is -2.24. The first-order chi connectivity index (χ1) is 15.7. The fourth-order valence-electron chi connectivity index (χ4n) is 3.87. The fraction of sp³-hybridized carbons (Fsp3) is 0.238. The number of anilines is 1. The number of nitrogens with one attached hydrogen (secondary N) is 2. The number of benzene rings is 2. The second-order valence-corrected chi connectivity index (χ2v) is 10.3. The number of likely N-dealkylation sites (tertiary alicyclic amines) is 1. The largest absolute Gasteiger partial charge is 0.351 e. The summed E-state index contributed by atoms with van der Waals surface area (Å²) < 4.78 is 43.7. The van der Waals surface area contributed by atoms with Crippen molar-refractivity contribution >= 4 is 54.6 Å². The number of rotatable bonds is 5. The van der Waals surface area contributed by atoms with Crippen molar-refractivity contribution in [3.05, 3.63) is 59.2 Å². The molecule has 2 heterocycles. The number of para-hydroxylation sites is 1. The molecule has 0 saturated carbocycles. The summed E-state index contributed by atoms with van der Waals surface area (Å²) in [4.78, 5) is 26.0. The number of carbonyl (C=O) groups is 2. The third-order valence-corrected chi connectivity index (χ3v) is 7.35. The first kappa shape index (κ1) is 23.2. The van der Waals surface area contributed by atoms with E-state index in [4.69, 9.17) is 5.73 Å². The number of primary amides is 1. The van der Waals surface area contributed by atoms with Gasteiger partial charge in [-0.05, 0) is 24.3 Å². The highest BCUT2D eigenvalue weighted by atomic mass is 79.9. The predicted molar refractivity (Wildman–Crippen MR) is 125 cm³/mol. The molecule has 3 amide bonds. The minimum absolute atomic E-state index is 0.00251. The van der Waals surface area contributed by atoms with Crippen LogP contribution in [0.1, 0.15) is 6.42 Å². The Morgan fingerprint density at radius 3 is 2.67 bits per heavy atom. The number of halogens is 2. The Bertz CT molecular complexity index is 1330. The maximum absolute atomic E-state index is 14.2. The second kappa shape index (κ2) is 9.12. The first-order valence-electron chi connectivity index (χ1n) is 10.0. The minimum atomic E-state index is -3.85. The molecule has 174 valence electrons. The van der Waals surface area contributed by atoms with E-state index >= 15 is 0 Å². The van der Waals surface area contributed by atoms with Gasteiger partial charge in [0.1, 0.15) is 6.17 Å². The topological polar surface area (TPSA) is 127 Å². The second-order valence-electron chi connectivity index (χ2n) is 7.65. The maximum atomic E-state index is 14.2. The molecule has 0 unspecified atom stereocenters. The zero-order valence-corrected chi connectivity index (χ0v) is 19.6. The van der Waals surface area contributed by atoms with Crippen molar-refractivity contribution in [1.29, 1.82) is 0 Å². The molecule has 1 aliphatic heterocycles. The number of urea groups is 1. The number of sulfonamides is 1. The predicted octanol–water partition coefficient (Wildman–Crippen LogP) is 3.25. The molecule has 12 heteroatoms. The van der Waals surface area contributed by atoms with Gasteiger partial charge in [-0.2, -0.15) is 0 Å². The Hall–Kier alpha value is -2.96. The number of carbonyl (C=O) groups excluding carboxylic acids is 2. The van der Waals surface area contributed by atoms with Crippen molar-refractivity contribution in [2.45, 2.75) is 23.5 Å². The van der Waals surface area contributed by atoms with Crippen molar-refractivity contribution in [1.82, 2.24) is 14.2 Å². The molecule has 1 aromatic heterocycles. The lowest BCUT2D eigenvalue weighted by molar-refractivity contribution is 0.204. The van der Waals surface area contributed by atoms with Gasteiger partial charge < -0.3 is 16.0 Å². The standard InChI is InChI=1S/C21H21BrFN5O4S/c22-13-4-3-5-16(8-13)33(31,32)25-10-15-9-14(23)11-27(15)21(30)26-18-12-28(20(24)29)19-7-2-1-6-17(18)19/h1-8,12,14-15,25H,9-11H2,(H2,24,29)(H,26,30)/t14-,15+/m1/s1. The quantitative estimate of drug-likeness (QED) is 0.461. The van der Waals surface area contributed by atoms with Gasteiger partial charge in [0.25, 0.3) is 0 Å². The number of nitrogens with two attached hydrogens (primary N) is 1. The van der Waals surface area contributed by atoms with E-state index in [0.29, 0.717) is 21.1 Å². The summed E-state index contributed by atoms with van der Waals surface area (Å²) in [6, 6.07) is 11.1. The van der Waals surface area contributed by atoms with Gasteiger partial charge >= 0.3 is 12.1 Å². The van der Waals surface area contributed by atoms with Crippen molar-refractivity contribution in [3.63, 3.8) is 0 Å². The molecule has 0 radical (unpaired) electrons. The fourth-order valence-corrected chi connectivity index (χ4v) is 5.54. The number of nitrogens with zero attached hydrogens (tertiary/aromatic N) is 2. The van der Waals surface area contributed by atoms with Crippen molar-refractivity contribution < 1.29 is 22.4 Å². The molecule has 0 aliphatic carbocycles. The van der Waals surface area contributed by atoms with Gasteiger partial charge in [0.2, 0.25) is 10.0 Å². The average Bonchev–Trinajstić information content (AvgIpc) is 3.33. The number of hydrogen-bond acceptors (Lipinski definition) is 4. The summed E-state index contributed by atoms with van der Waals surface area (Å²) in [5.74, 6) is 0. The van der Waals surface area contributed by atoms with E-state index < -0.39 is 34.3 Å². The molecule has 33 heavy (non-hydrogen) atoms. The zero-order valence-electron chi connectivity index (χ0n) is 17.2. The average molecular weight is 538 g/mol. The van der Waals surface area contributed by atoms with Gasteiger partial charge in [0, 0.05) is 35.1 Å². The molecule has 0 spiro atoms. The zero-order chi connectivity index (χ0) is 23.8. The minimum Gasteiger partial charge on any atom is -0.351 e. The Kier molecular flexibility index (Phi) is 6.41. The third kappa shape index (κ3) is 4.87. The molecular weight excluding hydrogens is 517 g/mol. The van der Waals surface area contributed by atoms with E-state index in [-0.39, 0.29) is 24.4 Å². The van der Waals surface area contributed by atoms with Crippen molar-refractivity contribution in [2.24, 2.45) is 5.73 Å². The molecule has 1 aliphatic rings. The molecule has 2 atom stereocenters. The van der Waals surface area contributed by atoms with Crippen LogP contribution in [0.25, 0.3) is 10.9 Å². The van der Waals surface area contributed by atoms with E-state index in [1.165, 1.54) is 27.8 Å². The van der Waals surface area contributed by atoms with Crippen LogP contribution in [-0.2, 0) is 10.0 Å². The van der Waals surface area contributed by atoms with E-state index in [1.807, 2.05) is 0 Å². The Labute approximate surface area is 197 Å². The van der Waals surface area contributed by atoms with E-state index in [9.17, 15) is 22.4 Å². The summed E-state index contributed by atoms with van der Waals surface area (Å²) in [7, 11) is -3.85. The van der Waals surface area contributed by atoms with Gasteiger partial charge in [-0.25, -0.2) is 27.1 Å². The molecule has 4 rings (SSSR count). The number of fused-ring (bicyclic) bond motifs is 1. The highest BCUT2D eigenvalue weighted by Crippen LogP contribution is 2.28. The van der Waals surface area contributed by atoms with Crippen molar-refractivity contribution in [2.75, 3.05) is 18.4 Å². The molecule has 4 N–H and O–H groups in total. The third-order valence-electron chi connectivity index (χ3n) is 5.43. The highest BCUT2D eigenvalue weighted by molar-refractivity contribution is 9.10. The molecule has 9 nitrogen and oxygen atoms in total. The normalized spacial score (nSPS) is 18.5. The van der Waals surface area contributed by atoms with Crippen LogP contribution < -0.4 is 15.8 Å². The Morgan fingerprint density at radius 1 is 1.18 bits per heavy atom. The molecule has 1 fully saturated rings. The van der Waals surface area contributed by atoms with Crippen LogP contribution in [0.5, 0.6) is 0 Å².